The Morgan fingerprint density at radius 3 is 3.00 bits per heavy atom. The zero-order valence-corrected chi connectivity index (χ0v) is 17.6. The molecule has 31 heavy (non-hydrogen) atoms. The average Bonchev–Trinajstić information content (AvgIpc) is 3.37. The summed E-state index contributed by atoms with van der Waals surface area (Å²) in [5.74, 6) is 2.08. The highest BCUT2D eigenvalue weighted by Crippen LogP contribution is 2.35. The smallest absolute Gasteiger partial charge is 0.240 e. The van der Waals surface area contributed by atoms with Crippen molar-refractivity contribution in [3.8, 4) is 28.6 Å². The Morgan fingerprint density at radius 2 is 2.16 bits per heavy atom. The maximum atomic E-state index is 12.4. The highest BCUT2D eigenvalue weighted by molar-refractivity contribution is 7.71. The van der Waals surface area contributed by atoms with Gasteiger partial charge in [-0.1, -0.05) is 23.8 Å². The van der Waals surface area contributed by atoms with Crippen molar-refractivity contribution in [2.45, 2.75) is 19.6 Å². The summed E-state index contributed by atoms with van der Waals surface area (Å²) in [5, 5.41) is 19.8. The number of rotatable bonds is 8. The van der Waals surface area contributed by atoms with Crippen molar-refractivity contribution in [2.24, 2.45) is 0 Å². The van der Waals surface area contributed by atoms with Crippen molar-refractivity contribution in [3.05, 3.63) is 52.8 Å². The number of carbonyl (C=O) groups excluding carboxylic acids is 1. The molecule has 1 aliphatic heterocycles. The fraction of sp³-hybridized carbons (Fsp3) is 0.286. The topological polar surface area (TPSA) is 111 Å². The fourth-order valence-electron chi connectivity index (χ4n) is 3.12. The van der Waals surface area contributed by atoms with E-state index in [1.165, 1.54) is 0 Å². The number of hydrogen-bond acceptors (Lipinski definition) is 7. The number of hydrogen-bond donors (Lipinski definition) is 3. The lowest BCUT2D eigenvalue weighted by Crippen LogP contribution is -2.37. The van der Waals surface area contributed by atoms with Crippen LogP contribution in [0.1, 0.15) is 5.56 Å². The standard InChI is InChI=1S/C21H22N4O5S/c1-13-3-2-4-14(7-13)20-23-24-21(31)25(20)10-19(27)22-9-15(26)11-28-16-5-6-17-18(8-16)30-12-29-17/h2-8,15,26H,9-12H2,1H3,(H,22,27)(H,24,31). The second-order valence-corrected chi connectivity index (χ2v) is 7.48. The predicted octanol–water partition coefficient (Wildman–Crippen LogP) is 2.20. The summed E-state index contributed by atoms with van der Waals surface area (Å²) in [5.41, 5.74) is 1.94. The summed E-state index contributed by atoms with van der Waals surface area (Å²) in [6.45, 7) is 2.19. The van der Waals surface area contributed by atoms with E-state index in [1.54, 1.807) is 22.8 Å². The third-order valence-electron chi connectivity index (χ3n) is 4.66. The number of amides is 1. The molecule has 1 unspecified atom stereocenters. The lowest BCUT2D eigenvalue weighted by Gasteiger charge is -2.14. The van der Waals surface area contributed by atoms with Gasteiger partial charge in [0.05, 0.1) is 0 Å². The summed E-state index contributed by atoms with van der Waals surface area (Å²) < 4.78 is 18.1. The number of aliphatic hydroxyl groups is 1. The molecule has 0 spiro atoms. The predicted molar refractivity (Wildman–Crippen MR) is 115 cm³/mol. The minimum absolute atomic E-state index is 0.0135. The van der Waals surface area contributed by atoms with Crippen LogP contribution in [-0.4, -0.2) is 51.8 Å². The number of aliphatic hydroxyl groups excluding tert-OH is 1. The molecule has 1 amide bonds. The van der Waals surface area contributed by atoms with Crippen LogP contribution >= 0.6 is 12.2 Å². The summed E-state index contributed by atoms with van der Waals surface area (Å²) in [4.78, 5) is 12.4. The zero-order valence-electron chi connectivity index (χ0n) is 16.8. The van der Waals surface area contributed by atoms with Gasteiger partial charge < -0.3 is 24.6 Å². The number of fused-ring (bicyclic) bond motifs is 1. The maximum Gasteiger partial charge on any atom is 0.240 e. The molecule has 9 nitrogen and oxygen atoms in total. The van der Waals surface area contributed by atoms with Crippen molar-refractivity contribution >= 4 is 18.1 Å². The van der Waals surface area contributed by atoms with Gasteiger partial charge in [0.15, 0.2) is 22.1 Å². The van der Waals surface area contributed by atoms with E-state index in [-0.39, 0.29) is 32.4 Å². The normalized spacial score (nSPS) is 13.1. The highest BCUT2D eigenvalue weighted by atomic mass is 32.1. The number of ether oxygens (including phenoxy) is 3. The van der Waals surface area contributed by atoms with Crippen LogP contribution in [0.2, 0.25) is 0 Å². The van der Waals surface area contributed by atoms with Gasteiger partial charge in [-0.3, -0.25) is 14.5 Å². The third kappa shape index (κ3) is 5.04. The van der Waals surface area contributed by atoms with Crippen LogP contribution in [0.15, 0.2) is 42.5 Å². The highest BCUT2D eigenvalue weighted by Gasteiger charge is 2.16. The first-order valence-electron chi connectivity index (χ1n) is 9.69. The van der Waals surface area contributed by atoms with E-state index in [1.807, 2.05) is 31.2 Å². The van der Waals surface area contributed by atoms with Crippen LogP contribution in [0.4, 0.5) is 0 Å². The van der Waals surface area contributed by atoms with E-state index in [0.29, 0.717) is 27.8 Å². The zero-order chi connectivity index (χ0) is 21.8. The summed E-state index contributed by atoms with van der Waals surface area (Å²) in [6.07, 6.45) is -0.886. The van der Waals surface area contributed by atoms with E-state index in [0.717, 1.165) is 11.1 Å². The van der Waals surface area contributed by atoms with Gasteiger partial charge in [0, 0.05) is 18.2 Å². The molecule has 0 bridgehead atoms. The molecule has 0 saturated heterocycles. The fourth-order valence-corrected chi connectivity index (χ4v) is 3.31. The Bertz CT molecular complexity index is 1140. The molecule has 3 aromatic rings. The van der Waals surface area contributed by atoms with E-state index in [2.05, 4.69) is 15.5 Å². The number of carbonyl (C=O) groups is 1. The number of aromatic nitrogens is 3. The Hall–Kier alpha value is -3.37. The van der Waals surface area contributed by atoms with Gasteiger partial charge in [0.2, 0.25) is 12.7 Å². The summed E-state index contributed by atoms with van der Waals surface area (Å²) >= 11 is 5.27. The molecule has 162 valence electrons. The van der Waals surface area contributed by atoms with Gasteiger partial charge in [-0.15, -0.1) is 0 Å². The Balaban J connectivity index is 1.29. The van der Waals surface area contributed by atoms with Crippen molar-refractivity contribution in [3.63, 3.8) is 0 Å². The van der Waals surface area contributed by atoms with Crippen molar-refractivity contribution in [2.75, 3.05) is 19.9 Å². The molecule has 4 rings (SSSR count). The van der Waals surface area contributed by atoms with Crippen LogP contribution in [0.3, 0.4) is 0 Å². The van der Waals surface area contributed by atoms with Crippen molar-refractivity contribution in [1.82, 2.24) is 20.1 Å². The molecule has 10 heteroatoms. The first-order valence-corrected chi connectivity index (χ1v) is 10.1. The number of nitrogens with one attached hydrogen (secondary N) is 2. The lowest BCUT2D eigenvalue weighted by molar-refractivity contribution is -0.122. The molecule has 0 aliphatic carbocycles. The van der Waals surface area contributed by atoms with Crippen molar-refractivity contribution < 1.29 is 24.1 Å². The first-order chi connectivity index (χ1) is 15.0. The molecule has 2 heterocycles. The monoisotopic (exact) mass is 442 g/mol. The van der Waals surface area contributed by atoms with Crippen LogP contribution < -0.4 is 19.5 Å². The summed E-state index contributed by atoms with van der Waals surface area (Å²) in [7, 11) is 0. The molecular formula is C21H22N4O5S. The minimum Gasteiger partial charge on any atom is -0.491 e. The van der Waals surface area contributed by atoms with Gasteiger partial charge in [0.1, 0.15) is 25.0 Å². The van der Waals surface area contributed by atoms with Gasteiger partial charge in [-0.05, 0) is 37.3 Å². The SMILES string of the molecule is Cc1cccc(-c2n[nH]c(=S)n2CC(=O)NCC(O)COc2ccc3c(c2)OCO3)c1. The first kappa shape index (κ1) is 20.9. The van der Waals surface area contributed by atoms with Crippen molar-refractivity contribution in [1.29, 1.82) is 0 Å². The van der Waals surface area contributed by atoms with Gasteiger partial charge in [-0.2, -0.15) is 5.10 Å². The molecule has 1 aliphatic rings. The Morgan fingerprint density at radius 1 is 1.32 bits per heavy atom. The van der Waals surface area contributed by atoms with Gasteiger partial charge in [-0.25, -0.2) is 0 Å². The number of aromatic amines is 1. The largest absolute Gasteiger partial charge is 0.491 e. The molecule has 3 N–H and O–H groups in total. The minimum atomic E-state index is -0.886. The molecule has 2 aromatic carbocycles. The maximum absolute atomic E-state index is 12.4. The quantitative estimate of drug-likeness (QED) is 0.459. The Kier molecular flexibility index (Phi) is 6.19. The summed E-state index contributed by atoms with van der Waals surface area (Å²) in [6, 6.07) is 12.9. The number of nitrogens with zero attached hydrogens (tertiary/aromatic N) is 2. The number of H-pyrrole nitrogens is 1. The molecular weight excluding hydrogens is 420 g/mol. The van der Waals surface area contributed by atoms with Gasteiger partial charge >= 0.3 is 0 Å². The molecule has 0 radical (unpaired) electrons. The van der Waals surface area contributed by atoms with E-state index in [4.69, 9.17) is 26.4 Å². The Labute approximate surface area is 183 Å². The average molecular weight is 442 g/mol. The van der Waals surface area contributed by atoms with Crippen LogP contribution in [-0.2, 0) is 11.3 Å². The van der Waals surface area contributed by atoms with E-state index in [9.17, 15) is 9.90 Å². The number of aryl methyl sites for hydroxylation is 1. The van der Waals surface area contributed by atoms with E-state index >= 15 is 0 Å². The van der Waals surface area contributed by atoms with E-state index < -0.39 is 6.10 Å². The van der Waals surface area contributed by atoms with Crippen LogP contribution in [0.5, 0.6) is 17.2 Å². The molecule has 1 atom stereocenters. The number of benzene rings is 2. The molecule has 0 fully saturated rings. The van der Waals surface area contributed by atoms with Crippen LogP contribution in [0, 0.1) is 11.7 Å². The second kappa shape index (κ2) is 9.19. The third-order valence-corrected chi connectivity index (χ3v) is 4.97. The molecule has 0 saturated carbocycles. The molecule has 1 aromatic heterocycles. The second-order valence-electron chi connectivity index (χ2n) is 7.09. The van der Waals surface area contributed by atoms with Gasteiger partial charge in [0.25, 0.3) is 0 Å². The van der Waals surface area contributed by atoms with Crippen LogP contribution in [0.25, 0.3) is 11.4 Å². The lowest BCUT2D eigenvalue weighted by atomic mass is 10.1.